The summed E-state index contributed by atoms with van der Waals surface area (Å²) < 4.78 is 36.1. The normalized spacial score (nSPS) is 16.8. The van der Waals surface area contributed by atoms with Crippen molar-refractivity contribution >= 4 is 28.4 Å². The van der Waals surface area contributed by atoms with Crippen LogP contribution in [0.4, 0.5) is 20.4 Å². The minimum absolute atomic E-state index is 0.101. The molecule has 10 heteroatoms. The first kappa shape index (κ1) is 25.0. The molecule has 4 aromatic rings. The maximum absolute atomic E-state index is 13.5. The summed E-state index contributed by atoms with van der Waals surface area (Å²) in [5.41, 5.74) is 4.04. The number of carbonyl (C=O) groups excluding carboxylic acids is 1. The van der Waals surface area contributed by atoms with Gasteiger partial charge in [-0.05, 0) is 93.0 Å². The summed E-state index contributed by atoms with van der Waals surface area (Å²) in [5, 5.41) is 7.00. The van der Waals surface area contributed by atoms with Crippen LogP contribution in [0.3, 0.4) is 0 Å². The van der Waals surface area contributed by atoms with Gasteiger partial charge in [0.15, 0.2) is 11.5 Å². The Morgan fingerprint density at radius 3 is 2.72 bits per heavy atom. The quantitative estimate of drug-likeness (QED) is 0.342. The fourth-order valence-electron chi connectivity index (χ4n) is 4.94. The van der Waals surface area contributed by atoms with Gasteiger partial charge in [0.05, 0.1) is 11.2 Å². The summed E-state index contributed by atoms with van der Waals surface area (Å²) in [4.78, 5) is 24.6. The number of para-hydroxylation sites is 1. The zero-order valence-corrected chi connectivity index (χ0v) is 21.5. The van der Waals surface area contributed by atoms with E-state index in [1.165, 1.54) is 18.2 Å². The van der Waals surface area contributed by atoms with Gasteiger partial charge in [0.2, 0.25) is 5.95 Å². The number of alkyl halides is 2. The van der Waals surface area contributed by atoms with Crippen molar-refractivity contribution in [3.05, 3.63) is 71.9 Å². The molecule has 1 fully saturated rings. The molecule has 0 atom stereocenters. The predicted molar refractivity (Wildman–Crippen MR) is 144 cm³/mol. The lowest BCUT2D eigenvalue weighted by Crippen LogP contribution is -2.37. The minimum Gasteiger partial charge on any atom is -0.395 e. The number of hydrogen-bond donors (Lipinski definition) is 2. The van der Waals surface area contributed by atoms with Crippen LogP contribution in [-0.2, 0) is 0 Å². The third-order valence-corrected chi connectivity index (χ3v) is 7.12. The summed E-state index contributed by atoms with van der Waals surface area (Å²) in [6.07, 6.45) is 0.146. The van der Waals surface area contributed by atoms with Crippen LogP contribution >= 0.6 is 0 Å². The minimum atomic E-state index is -3.77. The lowest BCUT2D eigenvalue weighted by Gasteiger charge is -2.29. The Hall–Kier alpha value is -4.31. The Balaban J connectivity index is 1.22. The van der Waals surface area contributed by atoms with Gasteiger partial charge in [-0.25, -0.2) is 9.97 Å². The average molecular weight is 532 g/mol. The number of nitrogens with one attached hydrogen (secondary N) is 2. The van der Waals surface area contributed by atoms with E-state index in [4.69, 9.17) is 4.98 Å². The number of aromatic nitrogens is 2. The van der Waals surface area contributed by atoms with E-state index in [0.29, 0.717) is 17.6 Å². The molecule has 39 heavy (non-hydrogen) atoms. The molecule has 200 valence electrons. The second kappa shape index (κ2) is 9.77. The van der Waals surface area contributed by atoms with Crippen molar-refractivity contribution in [1.29, 1.82) is 0 Å². The smallest absolute Gasteiger partial charge is 0.395 e. The van der Waals surface area contributed by atoms with Gasteiger partial charge in [-0.1, -0.05) is 18.2 Å². The number of piperidine rings is 1. The highest BCUT2D eigenvalue weighted by molar-refractivity contribution is 6.06. The Morgan fingerprint density at radius 1 is 1.08 bits per heavy atom. The van der Waals surface area contributed by atoms with E-state index in [0.717, 1.165) is 53.5 Å². The summed E-state index contributed by atoms with van der Waals surface area (Å²) >= 11 is 0. The van der Waals surface area contributed by atoms with Crippen LogP contribution in [0.2, 0.25) is 0 Å². The molecule has 1 amide bonds. The summed E-state index contributed by atoms with van der Waals surface area (Å²) in [6, 6.07) is 15.9. The Kier molecular flexibility index (Phi) is 6.26. The van der Waals surface area contributed by atoms with Crippen LogP contribution in [0, 0.1) is 6.92 Å². The molecule has 0 bridgehead atoms. The molecule has 3 heterocycles. The highest BCUT2D eigenvalue weighted by Crippen LogP contribution is 2.45. The first-order chi connectivity index (χ1) is 18.7. The van der Waals surface area contributed by atoms with Gasteiger partial charge >= 0.3 is 6.29 Å². The molecule has 0 aliphatic carbocycles. The number of carbonyl (C=O) groups is 1. The van der Waals surface area contributed by atoms with Crippen molar-refractivity contribution in [2.24, 2.45) is 0 Å². The highest BCUT2D eigenvalue weighted by Gasteiger charge is 2.44. The number of amides is 1. The first-order valence-corrected chi connectivity index (χ1v) is 12.8. The van der Waals surface area contributed by atoms with Crippen LogP contribution in [-0.4, -0.2) is 53.2 Å². The van der Waals surface area contributed by atoms with E-state index in [2.05, 4.69) is 37.0 Å². The molecule has 6 rings (SSSR count). The molecule has 1 saturated heterocycles. The Morgan fingerprint density at radius 2 is 1.90 bits per heavy atom. The van der Waals surface area contributed by atoms with Gasteiger partial charge in [0.1, 0.15) is 0 Å². The number of hydrogen-bond acceptors (Lipinski definition) is 7. The molecule has 0 saturated carbocycles. The molecular formula is C29H27F2N5O3. The molecular weight excluding hydrogens is 504 g/mol. The van der Waals surface area contributed by atoms with E-state index < -0.39 is 12.2 Å². The van der Waals surface area contributed by atoms with E-state index in [1.54, 1.807) is 12.1 Å². The van der Waals surface area contributed by atoms with Crippen molar-refractivity contribution < 1.29 is 23.0 Å². The fourth-order valence-corrected chi connectivity index (χ4v) is 4.94. The molecule has 0 spiro atoms. The third-order valence-electron chi connectivity index (χ3n) is 7.12. The molecule has 2 aliphatic rings. The second-order valence-corrected chi connectivity index (χ2v) is 9.97. The molecule has 0 unspecified atom stereocenters. The van der Waals surface area contributed by atoms with Crippen LogP contribution in [0.1, 0.15) is 28.8 Å². The Labute approximate surface area is 224 Å². The third kappa shape index (κ3) is 5.20. The van der Waals surface area contributed by atoms with Crippen LogP contribution in [0.5, 0.6) is 11.5 Å². The number of likely N-dealkylation sites (tertiary alicyclic amines) is 1. The van der Waals surface area contributed by atoms with Crippen LogP contribution in [0.15, 0.2) is 60.8 Å². The zero-order chi connectivity index (χ0) is 27.1. The van der Waals surface area contributed by atoms with E-state index in [9.17, 15) is 13.6 Å². The number of ether oxygens (including phenoxy) is 2. The SMILES string of the molecule is Cc1ccc(C(=O)Nc2cccc3c2OC(F)(F)O3)cc1-c1ccc2nc(NC3CCN(C)CC3)ncc2c1. The van der Waals surface area contributed by atoms with E-state index >= 15 is 0 Å². The second-order valence-electron chi connectivity index (χ2n) is 9.97. The number of nitrogens with zero attached hydrogens (tertiary/aromatic N) is 3. The summed E-state index contributed by atoms with van der Waals surface area (Å²) in [6.45, 7) is 4.07. The van der Waals surface area contributed by atoms with Crippen molar-refractivity contribution in [3.63, 3.8) is 0 Å². The maximum atomic E-state index is 13.5. The number of rotatable bonds is 5. The van der Waals surface area contributed by atoms with Crippen LogP contribution < -0.4 is 20.1 Å². The fraction of sp³-hybridized carbons (Fsp3) is 0.276. The lowest BCUT2D eigenvalue weighted by molar-refractivity contribution is -0.286. The molecule has 0 radical (unpaired) electrons. The van der Waals surface area contributed by atoms with E-state index in [-0.39, 0.29) is 17.2 Å². The standard InChI is InChI=1S/C29H27F2N5O3/c1-17-6-7-19(27(37)34-24-4-3-5-25-26(24)39-29(30,31)38-25)15-22(17)18-8-9-23-20(14-18)16-32-28(35-23)33-21-10-12-36(2)13-11-21/h3-9,14-16,21H,10-13H2,1-2H3,(H,34,37)(H,32,33,35). The number of fused-ring (bicyclic) bond motifs is 2. The van der Waals surface area contributed by atoms with Gasteiger partial charge < -0.3 is 25.0 Å². The van der Waals surface area contributed by atoms with Crippen molar-refractivity contribution in [3.8, 4) is 22.6 Å². The van der Waals surface area contributed by atoms with Crippen molar-refractivity contribution in [1.82, 2.24) is 14.9 Å². The van der Waals surface area contributed by atoms with Gasteiger partial charge in [-0.2, -0.15) is 0 Å². The van der Waals surface area contributed by atoms with Gasteiger partial charge in [0, 0.05) is 23.2 Å². The van der Waals surface area contributed by atoms with Gasteiger partial charge in [-0.15, -0.1) is 8.78 Å². The van der Waals surface area contributed by atoms with Crippen molar-refractivity contribution in [2.45, 2.75) is 32.1 Å². The Bertz CT molecular complexity index is 1570. The maximum Gasteiger partial charge on any atom is 0.586 e. The molecule has 1 aromatic heterocycles. The molecule has 2 N–H and O–H groups in total. The molecule has 3 aromatic carbocycles. The van der Waals surface area contributed by atoms with E-state index in [1.807, 2.05) is 37.4 Å². The average Bonchev–Trinajstić information content (AvgIpc) is 3.25. The monoisotopic (exact) mass is 531 g/mol. The van der Waals surface area contributed by atoms with Gasteiger partial charge in [0.25, 0.3) is 5.91 Å². The zero-order valence-electron chi connectivity index (χ0n) is 21.5. The van der Waals surface area contributed by atoms with Crippen molar-refractivity contribution in [2.75, 3.05) is 30.8 Å². The van der Waals surface area contributed by atoms with Crippen LogP contribution in [0.25, 0.3) is 22.0 Å². The van der Waals surface area contributed by atoms with Gasteiger partial charge in [-0.3, -0.25) is 4.79 Å². The highest BCUT2D eigenvalue weighted by atomic mass is 19.3. The summed E-state index contributed by atoms with van der Waals surface area (Å²) in [7, 11) is 2.13. The molecule has 8 nitrogen and oxygen atoms in total. The number of benzene rings is 3. The molecule has 2 aliphatic heterocycles. The predicted octanol–water partition coefficient (Wildman–Crippen LogP) is 5.69. The number of aryl methyl sites for hydroxylation is 1. The first-order valence-electron chi connectivity index (χ1n) is 12.8. The summed E-state index contributed by atoms with van der Waals surface area (Å²) in [5.74, 6) is -0.177. The largest absolute Gasteiger partial charge is 0.586 e. The number of anilines is 2. The topological polar surface area (TPSA) is 88.6 Å². The number of halogens is 2. The lowest BCUT2D eigenvalue weighted by atomic mass is 9.97.